The molecule has 98 valence electrons. The van der Waals surface area contributed by atoms with Crippen molar-refractivity contribution in [3.63, 3.8) is 0 Å². The number of nitrogen functional groups attached to an aromatic ring is 1. The van der Waals surface area contributed by atoms with Gasteiger partial charge in [0.2, 0.25) is 0 Å². The minimum atomic E-state index is -0.635. The molecule has 0 radical (unpaired) electrons. The van der Waals surface area contributed by atoms with E-state index < -0.39 is 5.82 Å². The number of rotatable bonds is 3. The Bertz CT molecular complexity index is 647. The van der Waals surface area contributed by atoms with Gasteiger partial charge in [-0.1, -0.05) is 23.2 Å². The molecule has 0 spiro atoms. The second-order valence-corrected chi connectivity index (χ2v) is 4.58. The Kier molecular flexibility index (Phi) is 3.93. The molecular weight excluding hydrogens is 290 g/mol. The number of amidine groups is 1. The van der Waals surface area contributed by atoms with E-state index in [1.54, 1.807) is 12.1 Å². The molecule has 0 atom stereocenters. The molecule has 2 aromatic carbocycles. The summed E-state index contributed by atoms with van der Waals surface area (Å²) >= 11 is 11.7. The second kappa shape index (κ2) is 5.47. The van der Waals surface area contributed by atoms with Gasteiger partial charge in [0.15, 0.2) is 11.6 Å². The Hall–Kier alpha value is -1.78. The van der Waals surface area contributed by atoms with Crippen LogP contribution in [0.15, 0.2) is 36.4 Å². The van der Waals surface area contributed by atoms with Crippen LogP contribution in [0.4, 0.5) is 4.39 Å². The summed E-state index contributed by atoms with van der Waals surface area (Å²) in [6.45, 7) is 0. The summed E-state index contributed by atoms with van der Waals surface area (Å²) < 4.78 is 19.1. The van der Waals surface area contributed by atoms with E-state index in [1.165, 1.54) is 18.2 Å². The zero-order valence-corrected chi connectivity index (χ0v) is 11.1. The number of ether oxygens (including phenoxy) is 1. The van der Waals surface area contributed by atoms with Crippen molar-refractivity contribution >= 4 is 29.0 Å². The summed E-state index contributed by atoms with van der Waals surface area (Å²) in [5.74, 6) is -0.618. The molecule has 6 heteroatoms. The average molecular weight is 299 g/mol. The van der Waals surface area contributed by atoms with Gasteiger partial charge in [-0.3, -0.25) is 5.41 Å². The average Bonchev–Trinajstić information content (AvgIpc) is 2.36. The van der Waals surface area contributed by atoms with Crippen LogP contribution in [0, 0.1) is 11.2 Å². The highest BCUT2D eigenvalue weighted by Crippen LogP contribution is 2.33. The number of nitrogens with one attached hydrogen (secondary N) is 1. The maximum atomic E-state index is 13.8. The standard InChI is InChI=1S/C13H9Cl2FN2O/c14-8-2-3-9(15)12(6-8)19-11-4-1-7(13(17)18)5-10(11)16/h1-6H,(H3,17,18). The third kappa shape index (κ3) is 3.16. The van der Waals surface area contributed by atoms with Crippen molar-refractivity contribution in [2.75, 3.05) is 0 Å². The fraction of sp³-hybridized carbons (Fsp3) is 0. The number of hydrogen-bond acceptors (Lipinski definition) is 2. The summed E-state index contributed by atoms with van der Waals surface area (Å²) in [6, 6.07) is 8.63. The highest BCUT2D eigenvalue weighted by molar-refractivity contribution is 6.34. The smallest absolute Gasteiger partial charge is 0.166 e. The fourth-order valence-electron chi connectivity index (χ4n) is 1.43. The van der Waals surface area contributed by atoms with Crippen LogP contribution in [0.2, 0.25) is 10.0 Å². The van der Waals surface area contributed by atoms with Gasteiger partial charge in [0, 0.05) is 16.7 Å². The first-order valence-electron chi connectivity index (χ1n) is 5.24. The van der Waals surface area contributed by atoms with E-state index in [9.17, 15) is 4.39 Å². The SMILES string of the molecule is N=C(N)c1ccc(Oc2cc(Cl)ccc2Cl)c(F)c1. The van der Waals surface area contributed by atoms with Gasteiger partial charge in [0.25, 0.3) is 0 Å². The maximum Gasteiger partial charge on any atom is 0.166 e. The highest BCUT2D eigenvalue weighted by Gasteiger charge is 2.10. The predicted molar refractivity (Wildman–Crippen MR) is 74.0 cm³/mol. The topological polar surface area (TPSA) is 59.1 Å². The molecule has 0 heterocycles. The lowest BCUT2D eigenvalue weighted by molar-refractivity contribution is 0.442. The van der Waals surface area contributed by atoms with Gasteiger partial charge in [-0.15, -0.1) is 0 Å². The molecule has 3 N–H and O–H groups in total. The van der Waals surface area contributed by atoms with Crippen LogP contribution in [0.3, 0.4) is 0 Å². The first-order chi connectivity index (χ1) is 8.97. The van der Waals surface area contributed by atoms with Crippen LogP contribution in [0.5, 0.6) is 11.5 Å². The van der Waals surface area contributed by atoms with Gasteiger partial charge in [0.1, 0.15) is 11.6 Å². The van der Waals surface area contributed by atoms with Gasteiger partial charge in [-0.2, -0.15) is 0 Å². The normalized spacial score (nSPS) is 10.3. The minimum absolute atomic E-state index is 0.0193. The summed E-state index contributed by atoms with van der Waals surface area (Å²) in [5.41, 5.74) is 5.55. The lowest BCUT2D eigenvalue weighted by Gasteiger charge is -2.09. The predicted octanol–water partition coefficient (Wildman–Crippen LogP) is 4.21. The van der Waals surface area contributed by atoms with Crippen molar-refractivity contribution < 1.29 is 9.13 Å². The Morgan fingerprint density at radius 2 is 1.84 bits per heavy atom. The molecule has 0 fully saturated rings. The molecule has 3 nitrogen and oxygen atoms in total. The van der Waals surface area contributed by atoms with Crippen LogP contribution in [-0.4, -0.2) is 5.84 Å². The van der Waals surface area contributed by atoms with E-state index in [-0.39, 0.29) is 22.9 Å². The molecule has 0 saturated carbocycles. The first kappa shape index (κ1) is 13.6. The van der Waals surface area contributed by atoms with Crippen LogP contribution in [0.1, 0.15) is 5.56 Å². The summed E-state index contributed by atoms with van der Waals surface area (Å²) in [7, 11) is 0. The molecule has 0 aromatic heterocycles. The monoisotopic (exact) mass is 298 g/mol. The van der Waals surface area contributed by atoms with Gasteiger partial charge < -0.3 is 10.5 Å². The molecule has 0 aliphatic heterocycles. The van der Waals surface area contributed by atoms with Gasteiger partial charge >= 0.3 is 0 Å². The molecule has 19 heavy (non-hydrogen) atoms. The molecule has 0 aliphatic carbocycles. The second-order valence-electron chi connectivity index (χ2n) is 3.74. The summed E-state index contributed by atoms with van der Waals surface area (Å²) in [4.78, 5) is 0. The Morgan fingerprint density at radius 1 is 1.11 bits per heavy atom. The van der Waals surface area contributed by atoms with Crippen molar-refractivity contribution in [1.82, 2.24) is 0 Å². The van der Waals surface area contributed by atoms with Crippen molar-refractivity contribution in [1.29, 1.82) is 5.41 Å². The van der Waals surface area contributed by atoms with Gasteiger partial charge in [0.05, 0.1) is 5.02 Å². The van der Waals surface area contributed by atoms with E-state index in [4.69, 9.17) is 39.1 Å². The first-order valence-corrected chi connectivity index (χ1v) is 6.00. The van der Waals surface area contributed by atoms with E-state index >= 15 is 0 Å². The molecule has 0 bridgehead atoms. The Morgan fingerprint density at radius 3 is 2.47 bits per heavy atom. The number of halogens is 3. The zero-order chi connectivity index (χ0) is 14.0. The number of benzene rings is 2. The molecular formula is C13H9Cl2FN2O. The maximum absolute atomic E-state index is 13.8. The summed E-state index contributed by atoms with van der Waals surface area (Å²) in [6.07, 6.45) is 0. The van der Waals surface area contributed by atoms with Gasteiger partial charge in [-0.05, 0) is 30.3 Å². The third-order valence-corrected chi connectivity index (χ3v) is 2.90. The number of nitrogens with two attached hydrogens (primary N) is 1. The molecule has 0 amide bonds. The zero-order valence-electron chi connectivity index (χ0n) is 9.58. The minimum Gasteiger partial charge on any atom is -0.453 e. The molecule has 0 unspecified atom stereocenters. The van der Waals surface area contributed by atoms with Crippen molar-refractivity contribution in [2.24, 2.45) is 5.73 Å². The van der Waals surface area contributed by atoms with Crippen molar-refractivity contribution in [3.8, 4) is 11.5 Å². The quantitative estimate of drug-likeness (QED) is 0.659. The Balaban J connectivity index is 2.33. The number of hydrogen-bond donors (Lipinski definition) is 2. The van der Waals surface area contributed by atoms with E-state index in [0.29, 0.717) is 10.0 Å². The molecule has 2 aromatic rings. The van der Waals surface area contributed by atoms with Crippen molar-refractivity contribution in [3.05, 3.63) is 57.8 Å². The largest absolute Gasteiger partial charge is 0.453 e. The third-order valence-electron chi connectivity index (χ3n) is 2.36. The van der Waals surface area contributed by atoms with Crippen molar-refractivity contribution in [2.45, 2.75) is 0 Å². The Labute approximate surface area is 119 Å². The summed E-state index contributed by atoms with van der Waals surface area (Å²) in [5, 5.41) is 7.97. The van der Waals surface area contributed by atoms with Gasteiger partial charge in [-0.25, -0.2) is 4.39 Å². The van der Waals surface area contributed by atoms with E-state index in [1.807, 2.05) is 0 Å². The van der Waals surface area contributed by atoms with Crippen LogP contribution >= 0.6 is 23.2 Å². The van der Waals surface area contributed by atoms with Crippen LogP contribution in [-0.2, 0) is 0 Å². The fourth-order valence-corrected chi connectivity index (χ4v) is 1.74. The molecule has 0 aliphatic rings. The van der Waals surface area contributed by atoms with Crippen LogP contribution < -0.4 is 10.5 Å². The lowest BCUT2D eigenvalue weighted by atomic mass is 10.2. The lowest BCUT2D eigenvalue weighted by Crippen LogP contribution is -2.11. The van der Waals surface area contributed by atoms with E-state index in [2.05, 4.69) is 0 Å². The molecule has 0 saturated heterocycles. The van der Waals surface area contributed by atoms with E-state index in [0.717, 1.165) is 6.07 Å². The highest BCUT2D eigenvalue weighted by atomic mass is 35.5. The molecule has 2 rings (SSSR count). The van der Waals surface area contributed by atoms with Crippen LogP contribution in [0.25, 0.3) is 0 Å².